The average Bonchev–Trinajstić information content (AvgIpc) is 3.09. The SMILES string of the molecule is CCOc1ccc(OCC(=O)OCc2nc3ccsc3c(=O)[nH]2)cc1. The Bertz CT molecular complexity index is 917. The standard InChI is InChI=1S/C17H16N2O5S/c1-2-22-11-3-5-12(6-4-11)23-10-15(20)24-9-14-18-13-7-8-25-16(13)17(21)19-14/h3-8H,2,9-10H2,1H3,(H,18,19,21). The van der Waals surface area contributed by atoms with Crippen LogP contribution in [0.25, 0.3) is 10.2 Å². The lowest BCUT2D eigenvalue weighted by Crippen LogP contribution is -2.17. The van der Waals surface area contributed by atoms with Gasteiger partial charge in [-0.25, -0.2) is 9.78 Å². The second kappa shape index (κ2) is 7.80. The van der Waals surface area contributed by atoms with E-state index in [1.54, 1.807) is 35.7 Å². The van der Waals surface area contributed by atoms with Crippen molar-refractivity contribution >= 4 is 27.5 Å². The third-order valence-corrected chi connectivity index (χ3v) is 4.13. The molecule has 2 aromatic heterocycles. The van der Waals surface area contributed by atoms with Gasteiger partial charge in [-0.3, -0.25) is 4.79 Å². The number of hydrogen-bond acceptors (Lipinski definition) is 7. The van der Waals surface area contributed by atoms with E-state index in [0.717, 1.165) is 5.75 Å². The zero-order valence-corrected chi connectivity index (χ0v) is 14.3. The maximum absolute atomic E-state index is 11.8. The predicted molar refractivity (Wildman–Crippen MR) is 93.1 cm³/mol. The Morgan fingerprint density at radius 3 is 2.60 bits per heavy atom. The van der Waals surface area contributed by atoms with E-state index >= 15 is 0 Å². The zero-order chi connectivity index (χ0) is 17.6. The minimum Gasteiger partial charge on any atom is -0.494 e. The van der Waals surface area contributed by atoms with Crippen LogP contribution in [0, 0.1) is 0 Å². The molecule has 7 nitrogen and oxygen atoms in total. The van der Waals surface area contributed by atoms with Crippen LogP contribution in [0.15, 0.2) is 40.5 Å². The van der Waals surface area contributed by atoms with Crippen molar-refractivity contribution in [1.82, 2.24) is 9.97 Å². The number of carbonyl (C=O) groups excluding carboxylic acids is 1. The summed E-state index contributed by atoms with van der Waals surface area (Å²) in [5.74, 6) is 1.01. The first-order valence-corrected chi connectivity index (χ1v) is 8.51. The van der Waals surface area contributed by atoms with Crippen LogP contribution in [0.5, 0.6) is 11.5 Å². The van der Waals surface area contributed by atoms with Crippen molar-refractivity contribution in [1.29, 1.82) is 0 Å². The molecule has 0 unspecified atom stereocenters. The van der Waals surface area contributed by atoms with Crippen LogP contribution < -0.4 is 15.0 Å². The Morgan fingerprint density at radius 2 is 1.88 bits per heavy atom. The molecule has 0 aliphatic rings. The minimum atomic E-state index is -0.554. The van der Waals surface area contributed by atoms with Gasteiger partial charge in [0.1, 0.15) is 28.6 Å². The maximum Gasteiger partial charge on any atom is 0.344 e. The van der Waals surface area contributed by atoms with Gasteiger partial charge in [0.25, 0.3) is 5.56 Å². The second-order valence-corrected chi connectivity index (χ2v) is 5.92. The van der Waals surface area contributed by atoms with E-state index in [0.29, 0.717) is 28.4 Å². The number of ether oxygens (including phenoxy) is 3. The fourth-order valence-corrected chi connectivity index (χ4v) is 2.85. The van der Waals surface area contributed by atoms with Crippen LogP contribution >= 0.6 is 11.3 Å². The van der Waals surface area contributed by atoms with Crippen LogP contribution in [0.2, 0.25) is 0 Å². The molecule has 0 radical (unpaired) electrons. The number of benzene rings is 1. The monoisotopic (exact) mass is 360 g/mol. The first-order valence-electron chi connectivity index (χ1n) is 7.63. The van der Waals surface area contributed by atoms with E-state index in [1.165, 1.54) is 11.3 Å². The Hall–Kier alpha value is -2.87. The van der Waals surface area contributed by atoms with Crippen molar-refractivity contribution < 1.29 is 19.0 Å². The molecule has 3 rings (SSSR count). The molecule has 8 heteroatoms. The van der Waals surface area contributed by atoms with Crippen LogP contribution in [0.3, 0.4) is 0 Å². The van der Waals surface area contributed by atoms with Gasteiger partial charge in [0.05, 0.1) is 12.1 Å². The largest absolute Gasteiger partial charge is 0.494 e. The van der Waals surface area contributed by atoms with Gasteiger partial charge in [-0.15, -0.1) is 11.3 Å². The molecule has 2 heterocycles. The molecular weight excluding hydrogens is 344 g/mol. The van der Waals surface area contributed by atoms with Crippen LogP contribution in [0.1, 0.15) is 12.7 Å². The molecule has 1 N–H and O–H groups in total. The number of hydrogen-bond donors (Lipinski definition) is 1. The normalized spacial score (nSPS) is 10.6. The quantitative estimate of drug-likeness (QED) is 0.651. The molecule has 130 valence electrons. The number of aromatic amines is 1. The molecule has 0 saturated heterocycles. The van der Waals surface area contributed by atoms with Crippen molar-refractivity contribution in [3.63, 3.8) is 0 Å². The van der Waals surface area contributed by atoms with Crippen molar-refractivity contribution in [2.45, 2.75) is 13.5 Å². The smallest absolute Gasteiger partial charge is 0.344 e. The summed E-state index contributed by atoms with van der Waals surface area (Å²) >= 11 is 1.31. The van der Waals surface area contributed by atoms with Crippen LogP contribution in [0.4, 0.5) is 0 Å². The van der Waals surface area contributed by atoms with E-state index < -0.39 is 5.97 Å². The van der Waals surface area contributed by atoms with Crippen molar-refractivity contribution in [2.75, 3.05) is 13.2 Å². The third kappa shape index (κ3) is 4.36. The van der Waals surface area contributed by atoms with Gasteiger partial charge in [-0.2, -0.15) is 0 Å². The number of nitrogens with one attached hydrogen (secondary N) is 1. The summed E-state index contributed by atoms with van der Waals surface area (Å²) in [5, 5.41) is 1.79. The number of fused-ring (bicyclic) bond motifs is 1. The van der Waals surface area contributed by atoms with Crippen LogP contribution in [-0.4, -0.2) is 29.2 Å². The summed E-state index contributed by atoms with van der Waals surface area (Å²) in [7, 11) is 0. The molecule has 1 aromatic carbocycles. The molecule has 0 spiro atoms. The third-order valence-electron chi connectivity index (χ3n) is 3.23. The molecule has 0 bridgehead atoms. The summed E-state index contributed by atoms with van der Waals surface area (Å²) in [6.45, 7) is 2.13. The molecule has 0 saturated carbocycles. The van der Waals surface area contributed by atoms with Gasteiger partial charge in [-0.05, 0) is 42.6 Å². The summed E-state index contributed by atoms with van der Waals surface area (Å²) in [5.41, 5.74) is 0.349. The Balaban J connectivity index is 1.51. The molecule has 0 aliphatic heterocycles. The Labute approximate surface area is 147 Å². The van der Waals surface area contributed by atoms with Crippen molar-refractivity contribution in [3.8, 4) is 11.5 Å². The highest BCUT2D eigenvalue weighted by molar-refractivity contribution is 7.17. The lowest BCUT2D eigenvalue weighted by atomic mass is 10.3. The lowest BCUT2D eigenvalue weighted by Gasteiger charge is -2.08. The van der Waals surface area contributed by atoms with Crippen molar-refractivity contribution in [2.24, 2.45) is 0 Å². The number of carbonyl (C=O) groups is 1. The van der Waals surface area contributed by atoms with Gasteiger partial charge in [-0.1, -0.05) is 0 Å². The van der Waals surface area contributed by atoms with E-state index in [2.05, 4.69) is 9.97 Å². The molecule has 25 heavy (non-hydrogen) atoms. The molecule has 3 aromatic rings. The average molecular weight is 360 g/mol. The van der Waals surface area contributed by atoms with Gasteiger partial charge < -0.3 is 19.2 Å². The molecule has 0 atom stereocenters. The summed E-state index contributed by atoms with van der Waals surface area (Å²) in [6.07, 6.45) is 0. The second-order valence-electron chi connectivity index (χ2n) is 5.00. The first-order chi connectivity index (χ1) is 12.2. The Morgan fingerprint density at radius 1 is 1.16 bits per heavy atom. The first kappa shape index (κ1) is 17.0. The minimum absolute atomic E-state index is 0.119. The zero-order valence-electron chi connectivity index (χ0n) is 13.5. The van der Waals surface area contributed by atoms with Gasteiger partial charge in [0.2, 0.25) is 0 Å². The maximum atomic E-state index is 11.8. The topological polar surface area (TPSA) is 90.5 Å². The lowest BCUT2D eigenvalue weighted by molar-refractivity contribution is -0.147. The van der Waals surface area contributed by atoms with Gasteiger partial charge in [0.15, 0.2) is 6.61 Å². The van der Waals surface area contributed by atoms with E-state index in [-0.39, 0.29) is 18.8 Å². The summed E-state index contributed by atoms with van der Waals surface area (Å²) in [6, 6.07) is 8.68. The highest BCUT2D eigenvalue weighted by Gasteiger charge is 2.09. The number of nitrogens with zero attached hydrogens (tertiary/aromatic N) is 1. The number of esters is 1. The summed E-state index contributed by atoms with van der Waals surface area (Å²) in [4.78, 5) is 30.4. The Kier molecular flexibility index (Phi) is 5.30. The fraction of sp³-hybridized carbons (Fsp3) is 0.235. The van der Waals surface area contributed by atoms with Crippen LogP contribution in [-0.2, 0) is 16.1 Å². The highest BCUT2D eigenvalue weighted by atomic mass is 32.1. The number of H-pyrrole nitrogens is 1. The van der Waals surface area contributed by atoms with Crippen molar-refractivity contribution in [3.05, 3.63) is 51.9 Å². The molecule has 0 fully saturated rings. The molecule has 0 amide bonds. The predicted octanol–water partition coefficient (Wildman–Crippen LogP) is 2.51. The number of thiophene rings is 1. The molecule has 0 aliphatic carbocycles. The van der Waals surface area contributed by atoms with Gasteiger partial charge in [0, 0.05) is 0 Å². The van der Waals surface area contributed by atoms with E-state index in [4.69, 9.17) is 14.2 Å². The van der Waals surface area contributed by atoms with Gasteiger partial charge >= 0.3 is 5.97 Å². The highest BCUT2D eigenvalue weighted by Crippen LogP contribution is 2.17. The molecular formula is C17H16N2O5S. The van der Waals surface area contributed by atoms with E-state index in [1.807, 2.05) is 6.92 Å². The van der Waals surface area contributed by atoms with E-state index in [9.17, 15) is 9.59 Å². The fourth-order valence-electron chi connectivity index (χ4n) is 2.12. The number of rotatable bonds is 7. The number of aromatic nitrogens is 2. The summed E-state index contributed by atoms with van der Waals surface area (Å²) < 4.78 is 16.3.